The summed E-state index contributed by atoms with van der Waals surface area (Å²) in [5.74, 6) is 0. The number of aromatic nitrogens is 6. The first-order chi connectivity index (χ1) is 33.3. The third-order valence-electron chi connectivity index (χ3n) is 6.82. The summed E-state index contributed by atoms with van der Waals surface area (Å²) in [6, 6.07) is 0. The smallest absolute Gasteiger partial charge is 0.296 e. The molecule has 6 unspecified atom stereocenters. The fourth-order valence-corrected chi connectivity index (χ4v) is 17.7. The van der Waals surface area contributed by atoms with E-state index in [4.69, 9.17) is 17.2 Å². The predicted molar refractivity (Wildman–Crippen MR) is 285 cm³/mol. The average Bonchev–Trinajstić information content (AvgIpc) is 3.21. The summed E-state index contributed by atoms with van der Waals surface area (Å²) >= 11 is 9.04. The molecule has 0 aliphatic carbocycles. The summed E-state index contributed by atoms with van der Waals surface area (Å²) in [4.78, 5) is 74.0. The van der Waals surface area contributed by atoms with Crippen LogP contribution in [0.4, 0.5) is 0 Å². The van der Waals surface area contributed by atoms with Gasteiger partial charge in [-0.25, -0.2) is 14.4 Å². The van der Waals surface area contributed by atoms with E-state index in [0.29, 0.717) is 11.0 Å². The lowest BCUT2D eigenvalue weighted by molar-refractivity contribution is 0.394. The van der Waals surface area contributed by atoms with Gasteiger partial charge in [-0.05, 0) is 82.1 Å². The Morgan fingerprint density at radius 1 is 0.472 bits per heavy atom. The van der Waals surface area contributed by atoms with Gasteiger partial charge in [0.15, 0.2) is 40.0 Å². The van der Waals surface area contributed by atoms with Crippen LogP contribution < -0.4 is 33.7 Å². The number of hydrogen-bond acceptors (Lipinski definition) is 21. The van der Waals surface area contributed by atoms with Crippen molar-refractivity contribution in [3.8, 4) is 0 Å². The first kappa shape index (κ1) is 69.5. The van der Waals surface area contributed by atoms with Crippen LogP contribution in [0.25, 0.3) is 0 Å². The van der Waals surface area contributed by atoms with Gasteiger partial charge in [0.05, 0.1) is 31.9 Å². The molecule has 3 aromatic rings. The first-order valence-electron chi connectivity index (χ1n) is 19.2. The van der Waals surface area contributed by atoms with Crippen LogP contribution in [0, 0.1) is 0 Å². The molecule has 3 rings (SSSR count). The molecule has 72 heavy (non-hydrogen) atoms. The Kier molecular flexibility index (Phi) is 33.7. The number of aromatic amines is 3. The molecule has 0 saturated heterocycles. The molecule has 0 spiro atoms. The molecule has 6 atom stereocenters. The van der Waals surface area contributed by atoms with E-state index in [0.717, 1.165) is 0 Å². The number of hydrogen-bond donors (Lipinski definition) is 3. The standard InChI is InChI=1S/2C10H13BrN2O7P3.C8H9BrN2O2.C5H11O5P3/c2*1-21(16)19-23(18,20-22(2)17)6-4-3-5-13-7-8(11)9(14)12-10(13)15;1-2-3-4-11-5-6(9)7(12)10-8(11)13;1-4-5-13(8,9-11(2)6)10-12(3)7/h2*3-4,7H,5-6H2,1-2H3;2-3,5H,4H2,1H3,(H,10,12,13);4H,1,5H2,2-3H3/q2*+1;;+2/p+2/b4-3+;4-3-;;. The minimum atomic E-state index is -3.79. The summed E-state index contributed by atoms with van der Waals surface area (Å²) in [7, 11) is -24.0. The van der Waals surface area contributed by atoms with Crippen molar-refractivity contribution in [2.75, 3.05) is 58.5 Å². The minimum absolute atomic E-state index is 0.0880. The molecule has 0 aromatic carbocycles. The molecular weight excluding hydrogens is 1330 g/mol. The summed E-state index contributed by atoms with van der Waals surface area (Å²) in [6.07, 6.45) is 14.2. The van der Waals surface area contributed by atoms with E-state index in [-0.39, 0.29) is 40.5 Å². The second kappa shape index (κ2) is 34.9. The normalized spacial score (nSPS) is 15.0. The Morgan fingerprint density at radius 3 is 0.931 bits per heavy atom. The molecule has 396 valence electrons. The summed E-state index contributed by atoms with van der Waals surface area (Å²) in [6.45, 7) is 13.2. The van der Waals surface area contributed by atoms with E-state index in [2.05, 4.69) is 77.9 Å². The third kappa shape index (κ3) is 30.1. The van der Waals surface area contributed by atoms with Gasteiger partial charge in [-0.1, -0.05) is 68.4 Å². The van der Waals surface area contributed by atoms with Crippen molar-refractivity contribution in [3.63, 3.8) is 0 Å². The maximum absolute atomic E-state index is 12.2. The van der Waals surface area contributed by atoms with E-state index in [1.54, 1.807) is 0 Å². The molecule has 39 heteroatoms. The van der Waals surface area contributed by atoms with E-state index in [1.807, 2.05) is 19.1 Å². The molecule has 0 radical (unpaired) electrons. The maximum Gasteiger partial charge on any atom is 0.513 e. The zero-order valence-electron chi connectivity index (χ0n) is 38.8. The molecular formula is C33H48Br3N6O21P9+6. The summed E-state index contributed by atoms with van der Waals surface area (Å²) < 4.78 is 134. The lowest BCUT2D eigenvalue weighted by Crippen LogP contribution is -2.29. The van der Waals surface area contributed by atoms with Crippen LogP contribution in [0.5, 0.6) is 0 Å². The van der Waals surface area contributed by atoms with E-state index in [9.17, 15) is 69.9 Å². The largest absolute Gasteiger partial charge is 0.513 e. The van der Waals surface area contributed by atoms with Crippen molar-refractivity contribution in [1.29, 1.82) is 0 Å². The second-order valence-electron chi connectivity index (χ2n) is 13.0. The molecule has 3 aromatic heterocycles. The lowest BCUT2D eigenvalue weighted by Gasteiger charge is -2.03. The van der Waals surface area contributed by atoms with Crippen LogP contribution >= 0.6 is 119 Å². The van der Waals surface area contributed by atoms with Crippen molar-refractivity contribution in [1.82, 2.24) is 28.7 Å². The number of halogens is 3. The molecule has 0 aliphatic rings. The molecule has 0 aliphatic heterocycles. The first-order valence-corrected chi connectivity index (χ1v) is 36.5. The topological polar surface area (TPSA) is 374 Å². The number of nitrogens with one attached hydrogen (secondary N) is 3. The predicted octanol–water partition coefficient (Wildman–Crippen LogP) is 9.67. The Labute approximate surface area is 440 Å². The van der Waals surface area contributed by atoms with Gasteiger partial charge in [-0.2, -0.15) is 0 Å². The molecule has 3 N–H and O–H groups in total. The molecule has 0 fully saturated rings. The van der Waals surface area contributed by atoms with Gasteiger partial charge in [-0.15, -0.1) is 6.58 Å². The van der Waals surface area contributed by atoms with Gasteiger partial charge in [-0.3, -0.25) is 56.7 Å². The Morgan fingerprint density at radius 2 is 0.708 bits per heavy atom. The molecule has 27 nitrogen and oxygen atoms in total. The monoisotopic (exact) mass is 1380 g/mol. The van der Waals surface area contributed by atoms with Gasteiger partial charge < -0.3 is 0 Å². The SMILES string of the molecule is C=CCP(=O)(O[P+](C)=O)O[P+](C)=O.CC=CCn1cc(Br)c(=O)[nH]c1=O.C[P+](=O)OP(=O)(C/C=C/Cn1cc(Br)c(=O)[nH]c1=O)O[P+](C)=O.C[P+](=O)OP(=O)(C/C=C\Cn1cc(Br)c(=O)[nH]c1=O)O[P+](C)=O. The highest BCUT2D eigenvalue weighted by atomic mass is 79.9. The van der Waals surface area contributed by atoms with Gasteiger partial charge in [0.2, 0.25) is 0 Å². The van der Waals surface area contributed by atoms with Gasteiger partial charge in [0.1, 0.15) is 0 Å². The van der Waals surface area contributed by atoms with E-state index < -0.39 is 105 Å². The Hall–Kier alpha value is -2.51. The highest BCUT2D eigenvalue weighted by Crippen LogP contribution is 2.61. The quantitative estimate of drug-likeness (QED) is 0.0554. The van der Waals surface area contributed by atoms with Crippen molar-refractivity contribution in [2.45, 2.75) is 26.6 Å². The van der Waals surface area contributed by atoms with Crippen LogP contribution in [-0.2, 0) is 86.6 Å². The summed E-state index contributed by atoms with van der Waals surface area (Å²) in [5, 5.41) is 0. The highest BCUT2D eigenvalue weighted by Gasteiger charge is 2.42. The van der Waals surface area contributed by atoms with Crippen LogP contribution in [0.2, 0.25) is 0 Å². The zero-order valence-corrected chi connectivity index (χ0v) is 51.6. The van der Waals surface area contributed by atoms with Crippen molar-refractivity contribution in [3.05, 3.63) is 144 Å². The van der Waals surface area contributed by atoms with Crippen molar-refractivity contribution >= 4 is 119 Å². The second-order valence-corrected chi connectivity index (χ2v) is 29.5. The molecule has 0 saturated carbocycles. The number of allylic oxidation sites excluding steroid dienone is 7. The summed E-state index contributed by atoms with van der Waals surface area (Å²) in [5.41, 5.74) is -3.09. The maximum atomic E-state index is 12.2. The van der Waals surface area contributed by atoms with Crippen LogP contribution in [0.3, 0.4) is 0 Å². The van der Waals surface area contributed by atoms with E-state index >= 15 is 0 Å². The van der Waals surface area contributed by atoms with Crippen molar-refractivity contribution in [2.24, 2.45) is 0 Å². The van der Waals surface area contributed by atoms with Crippen LogP contribution in [-0.4, -0.2) is 87.1 Å². The lowest BCUT2D eigenvalue weighted by atomic mass is 10.5. The third-order valence-corrected chi connectivity index (χ3v) is 22.0. The number of rotatable bonds is 24. The van der Waals surface area contributed by atoms with E-state index in [1.165, 1.54) is 103 Å². The molecule has 0 amide bonds. The van der Waals surface area contributed by atoms with Gasteiger partial charge in [0.25, 0.3) is 16.7 Å². The fraction of sp³-hybridized carbons (Fsp3) is 0.394. The number of nitrogens with zero attached hydrogens (tertiary/aromatic N) is 3. The van der Waals surface area contributed by atoms with Gasteiger partial charge >= 0.3 is 88.0 Å². The highest BCUT2D eigenvalue weighted by molar-refractivity contribution is 9.11. The van der Waals surface area contributed by atoms with Gasteiger partial charge in [0, 0.05) is 38.2 Å². The minimum Gasteiger partial charge on any atom is -0.296 e. The molecule has 3 heterocycles. The Balaban J connectivity index is 0.000000967. The average molecular weight is 1380 g/mol. The Bertz CT molecular complexity index is 2900. The van der Waals surface area contributed by atoms with Crippen LogP contribution in [0.1, 0.15) is 6.92 Å². The number of H-pyrrole nitrogens is 3. The molecule has 0 bridgehead atoms. The fourth-order valence-electron chi connectivity index (χ4n) is 4.31. The van der Waals surface area contributed by atoms with Crippen molar-refractivity contribution < 1.29 is 66.9 Å². The van der Waals surface area contributed by atoms with Crippen LogP contribution in [0.15, 0.2) is 110 Å². The zero-order chi connectivity index (χ0) is 55.6.